The topological polar surface area (TPSA) is 85.2 Å². The Morgan fingerprint density at radius 3 is 2.42 bits per heavy atom. The Balaban J connectivity index is 2.20. The van der Waals surface area contributed by atoms with Crippen molar-refractivity contribution in [3.8, 4) is 11.5 Å². The summed E-state index contributed by atoms with van der Waals surface area (Å²) in [6.45, 7) is 3.76. The molecule has 0 aliphatic heterocycles. The summed E-state index contributed by atoms with van der Waals surface area (Å²) in [6, 6.07) is 9.95. The van der Waals surface area contributed by atoms with Crippen molar-refractivity contribution in [1.82, 2.24) is 0 Å². The third-order valence-electron chi connectivity index (χ3n) is 4.56. The average molecular weight is 553 g/mol. The molecule has 0 aliphatic carbocycles. The van der Waals surface area contributed by atoms with E-state index in [0.29, 0.717) is 22.2 Å². The van der Waals surface area contributed by atoms with Gasteiger partial charge in [0.15, 0.2) is 11.5 Å². The molecule has 0 aliphatic rings. The minimum atomic E-state index is -0.972. The molecule has 0 fully saturated rings. The van der Waals surface area contributed by atoms with Crippen LogP contribution < -0.4 is 9.47 Å². The quantitative estimate of drug-likeness (QED) is 0.185. The zero-order chi connectivity index (χ0) is 23.0. The number of esters is 1. The number of rotatable bonds is 9. The molecule has 0 radical (unpaired) electrons. The second kappa shape index (κ2) is 11.8. The van der Waals surface area contributed by atoms with Crippen molar-refractivity contribution in [1.29, 1.82) is 0 Å². The van der Waals surface area contributed by atoms with E-state index >= 15 is 0 Å². The third kappa shape index (κ3) is 7.33. The number of aliphatic imine (C=N–C) groups is 1. The summed E-state index contributed by atoms with van der Waals surface area (Å²) in [5, 5.41) is 9.38. The van der Waals surface area contributed by atoms with Crippen molar-refractivity contribution in [2.45, 2.75) is 26.3 Å². The fourth-order valence-electron chi connectivity index (χ4n) is 2.63. The van der Waals surface area contributed by atoms with Gasteiger partial charge in [0.05, 0.1) is 11.6 Å². The summed E-state index contributed by atoms with van der Waals surface area (Å²) in [5.74, 6) is -1.10. The lowest BCUT2D eigenvalue weighted by atomic mass is 10.00. The van der Waals surface area contributed by atoms with Crippen molar-refractivity contribution in [3.05, 3.63) is 62.5 Å². The highest BCUT2D eigenvalue weighted by molar-refractivity contribution is 9.10. The monoisotopic (exact) mass is 551 g/mol. The lowest BCUT2D eigenvalue weighted by Gasteiger charge is -2.14. The Kier molecular flexibility index (Phi) is 9.45. The van der Waals surface area contributed by atoms with Crippen molar-refractivity contribution in [3.63, 3.8) is 0 Å². The van der Waals surface area contributed by atoms with Crippen molar-refractivity contribution in [2.75, 3.05) is 7.11 Å². The van der Waals surface area contributed by atoms with Gasteiger partial charge < -0.3 is 14.6 Å². The van der Waals surface area contributed by atoms with Crippen LogP contribution in [0.3, 0.4) is 0 Å². The van der Waals surface area contributed by atoms with E-state index in [1.165, 1.54) is 19.4 Å². The molecule has 2 aromatic carbocycles. The van der Waals surface area contributed by atoms with Crippen molar-refractivity contribution < 1.29 is 24.2 Å². The first kappa shape index (κ1) is 24.8. The van der Waals surface area contributed by atoms with Gasteiger partial charge in [-0.2, -0.15) is 0 Å². The summed E-state index contributed by atoms with van der Waals surface area (Å²) in [7, 11) is 1.46. The molecule has 2 rings (SSSR count). The van der Waals surface area contributed by atoms with Gasteiger partial charge in [-0.3, -0.25) is 4.99 Å². The number of aliphatic carboxylic acids is 1. The minimum Gasteiger partial charge on any atom is -0.493 e. The van der Waals surface area contributed by atoms with Gasteiger partial charge in [-0.05, 0) is 63.3 Å². The fraction of sp³-hybridized carbons (Fsp3) is 0.261. The van der Waals surface area contributed by atoms with E-state index in [4.69, 9.17) is 9.47 Å². The largest absolute Gasteiger partial charge is 0.493 e. The van der Waals surface area contributed by atoms with Gasteiger partial charge in [0.25, 0.3) is 0 Å². The predicted octanol–water partition coefficient (Wildman–Crippen LogP) is 5.76. The molecule has 0 aromatic heterocycles. The van der Waals surface area contributed by atoms with Gasteiger partial charge in [-0.25, -0.2) is 9.59 Å². The van der Waals surface area contributed by atoms with E-state index in [1.54, 1.807) is 18.2 Å². The van der Waals surface area contributed by atoms with E-state index in [9.17, 15) is 14.7 Å². The highest BCUT2D eigenvalue weighted by atomic mass is 79.9. The molecule has 0 amide bonds. The Labute approximate surface area is 198 Å². The van der Waals surface area contributed by atoms with Gasteiger partial charge >= 0.3 is 11.9 Å². The standard InChI is InChI=1S/C23H23Br2NO5/c1-4-14(2)21(23(28)29)26-13-16-11-18(25)22(19(12-16)30-3)31-20(27)10-7-15-5-8-17(24)9-6-15/h5-14,21H,4H2,1-3H3,(H,28,29)/b10-7+,26-13+. The number of carboxylic acids is 1. The van der Waals surface area contributed by atoms with E-state index in [1.807, 2.05) is 38.1 Å². The lowest BCUT2D eigenvalue weighted by Crippen LogP contribution is -2.25. The Bertz CT molecular complexity index is 986. The van der Waals surface area contributed by atoms with Crippen molar-refractivity contribution >= 4 is 56.1 Å². The van der Waals surface area contributed by atoms with Gasteiger partial charge in [0.2, 0.25) is 0 Å². The van der Waals surface area contributed by atoms with Gasteiger partial charge in [0.1, 0.15) is 6.04 Å². The fourth-order valence-corrected chi connectivity index (χ4v) is 3.43. The van der Waals surface area contributed by atoms with Crippen LogP contribution in [0.2, 0.25) is 0 Å². The van der Waals surface area contributed by atoms with Crippen LogP contribution in [-0.2, 0) is 9.59 Å². The number of carbonyl (C=O) groups excluding carboxylic acids is 1. The Hall–Kier alpha value is -2.45. The van der Waals surface area contributed by atoms with E-state index < -0.39 is 18.0 Å². The maximum absolute atomic E-state index is 12.3. The number of hydrogen-bond acceptors (Lipinski definition) is 5. The molecule has 31 heavy (non-hydrogen) atoms. The number of halogens is 2. The smallest absolute Gasteiger partial charge is 0.336 e. The van der Waals surface area contributed by atoms with Crippen LogP contribution in [0.25, 0.3) is 6.08 Å². The highest BCUT2D eigenvalue weighted by Crippen LogP contribution is 2.36. The first-order valence-electron chi connectivity index (χ1n) is 9.54. The summed E-state index contributed by atoms with van der Waals surface area (Å²) in [4.78, 5) is 27.9. The van der Waals surface area contributed by atoms with Gasteiger partial charge in [-0.1, -0.05) is 48.3 Å². The summed E-state index contributed by atoms with van der Waals surface area (Å²) >= 11 is 6.75. The van der Waals surface area contributed by atoms with Crippen LogP contribution in [0, 0.1) is 5.92 Å². The molecule has 2 unspecified atom stereocenters. The average Bonchev–Trinajstić information content (AvgIpc) is 2.74. The molecular weight excluding hydrogens is 530 g/mol. The van der Waals surface area contributed by atoms with Gasteiger partial charge in [0, 0.05) is 16.8 Å². The van der Waals surface area contributed by atoms with Gasteiger partial charge in [-0.15, -0.1) is 0 Å². The molecule has 0 saturated carbocycles. The molecule has 0 bridgehead atoms. The van der Waals surface area contributed by atoms with Crippen molar-refractivity contribution in [2.24, 2.45) is 10.9 Å². The molecular formula is C23H23Br2NO5. The number of nitrogens with zero attached hydrogens (tertiary/aromatic N) is 1. The summed E-state index contributed by atoms with van der Waals surface area (Å²) in [6.07, 6.45) is 5.16. The third-order valence-corrected chi connectivity index (χ3v) is 5.67. The zero-order valence-corrected chi connectivity index (χ0v) is 20.5. The normalized spacial score (nSPS) is 13.3. The number of carboxylic acid groups (broad SMARTS) is 1. The SMILES string of the molecule is CCC(C)C(/N=C/c1cc(Br)c(OC(=O)/C=C/c2ccc(Br)cc2)c(OC)c1)C(=O)O. The molecule has 2 atom stereocenters. The number of ether oxygens (including phenoxy) is 2. The molecule has 2 aromatic rings. The molecule has 0 saturated heterocycles. The lowest BCUT2D eigenvalue weighted by molar-refractivity contribution is -0.139. The number of carbonyl (C=O) groups is 2. The van der Waals surface area contributed by atoms with Crippen LogP contribution in [-0.4, -0.2) is 36.4 Å². The minimum absolute atomic E-state index is 0.100. The van der Waals surface area contributed by atoms with Crippen LogP contribution in [0.4, 0.5) is 0 Å². The van der Waals surface area contributed by atoms with Crippen LogP contribution in [0.5, 0.6) is 11.5 Å². The van der Waals surface area contributed by atoms with E-state index in [2.05, 4.69) is 36.9 Å². The van der Waals surface area contributed by atoms with E-state index in [-0.39, 0.29) is 11.7 Å². The first-order valence-corrected chi connectivity index (χ1v) is 11.1. The summed E-state index contributed by atoms with van der Waals surface area (Å²) in [5.41, 5.74) is 1.47. The Morgan fingerprint density at radius 1 is 1.16 bits per heavy atom. The number of hydrogen-bond donors (Lipinski definition) is 1. The molecule has 164 valence electrons. The first-order chi connectivity index (χ1) is 14.7. The number of benzene rings is 2. The maximum atomic E-state index is 12.3. The van der Waals surface area contributed by atoms with Crippen LogP contribution in [0.15, 0.2) is 56.4 Å². The molecule has 6 nitrogen and oxygen atoms in total. The maximum Gasteiger partial charge on any atom is 0.336 e. The van der Waals surface area contributed by atoms with Crippen LogP contribution >= 0.6 is 31.9 Å². The molecule has 0 heterocycles. The Morgan fingerprint density at radius 2 is 1.84 bits per heavy atom. The summed E-state index contributed by atoms with van der Waals surface area (Å²) < 4.78 is 12.2. The molecule has 0 spiro atoms. The predicted molar refractivity (Wildman–Crippen MR) is 128 cm³/mol. The molecule has 1 N–H and O–H groups in total. The zero-order valence-electron chi connectivity index (χ0n) is 17.3. The van der Waals surface area contributed by atoms with E-state index in [0.717, 1.165) is 10.0 Å². The second-order valence-electron chi connectivity index (χ2n) is 6.79. The molecule has 8 heteroatoms. The second-order valence-corrected chi connectivity index (χ2v) is 8.56. The number of methoxy groups -OCH3 is 1. The van der Waals surface area contributed by atoms with Crippen LogP contribution in [0.1, 0.15) is 31.4 Å². The highest BCUT2D eigenvalue weighted by Gasteiger charge is 2.22.